The van der Waals surface area contributed by atoms with Crippen LogP contribution in [0.25, 0.3) is 70.1 Å². The molecule has 1 aromatic carbocycles. The molecule has 0 unspecified atom stereocenters. The number of hydrogen-bond donors (Lipinski definition) is 0. The second kappa shape index (κ2) is 22.7. The van der Waals surface area contributed by atoms with Crippen molar-refractivity contribution in [3.63, 3.8) is 0 Å². The molecule has 0 fully saturated rings. The van der Waals surface area contributed by atoms with Crippen LogP contribution < -0.4 is 0 Å². The van der Waals surface area contributed by atoms with Gasteiger partial charge in [-0.25, -0.2) is 9.97 Å². The van der Waals surface area contributed by atoms with Crippen molar-refractivity contribution in [1.29, 1.82) is 0 Å². The molecule has 0 N–H and O–H groups in total. The lowest BCUT2D eigenvalue weighted by Crippen LogP contribution is -1.91. The molecule has 0 spiro atoms. The first kappa shape index (κ1) is 52.1. The van der Waals surface area contributed by atoms with Crippen LogP contribution in [0.1, 0.15) is 40.0 Å². The Bertz CT molecular complexity index is 3750. The zero-order valence-electron chi connectivity index (χ0n) is 44.6. The highest BCUT2D eigenvalue weighted by molar-refractivity contribution is 7.17. The number of benzene rings is 1. The van der Waals surface area contributed by atoms with E-state index < -0.39 is 0 Å². The van der Waals surface area contributed by atoms with Gasteiger partial charge in [-0.1, -0.05) is 18.2 Å². The van der Waals surface area contributed by atoms with Gasteiger partial charge in [0.25, 0.3) is 0 Å². The molecule has 0 radical (unpaired) electrons. The zero-order valence-corrected chi connectivity index (χ0v) is 46.2. The lowest BCUT2D eigenvalue weighted by Gasteiger charge is -2.02. The van der Waals surface area contributed by atoms with E-state index in [1.165, 1.54) is 49.1 Å². The van der Waals surface area contributed by atoms with E-state index in [-0.39, 0.29) is 0 Å². The molecule has 0 aliphatic rings. The van der Waals surface area contributed by atoms with Crippen molar-refractivity contribution in [1.82, 2.24) is 66.9 Å². The highest BCUT2D eigenvalue weighted by Gasteiger charge is 2.10. The highest BCUT2D eigenvalue weighted by atomic mass is 32.1. The molecule has 14 aromatic rings. The number of rotatable bonds is 1. The van der Waals surface area contributed by atoms with Gasteiger partial charge < -0.3 is 36.2 Å². The van der Waals surface area contributed by atoms with Gasteiger partial charge in [-0.2, -0.15) is 10.2 Å². The third-order valence-corrected chi connectivity index (χ3v) is 15.1. The number of aromatic nitrogens is 14. The van der Waals surface area contributed by atoms with Gasteiger partial charge in [-0.05, 0) is 84.2 Å². The fourth-order valence-corrected chi connectivity index (χ4v) is 9.76. The summed E-state index contributed by atoms with van der Waals surface area (Å²) in [6.07, 6.45) is 21.0. The van der Waals surface area contributed by atoms with Crippen LogP contribution in [0.15, 0.2) is 143 Å². The number of nitrogens with zero attached hydrogens (tertiary/aromatic N) is 14. The summed E-state index contributed by atoms with van der Waals surface area (Å²) < 4.78 is 28.1. The molecule has 13 aromatic heterocycles. The lowest BCUT2D eigenvalue weighted by atomic mass is 10.3. The Morgan fingerprint density at radius 3 is 1.84 bits per heavy atom. The van der Waals surface area contributed by atoms with Crippen molar-refractivity contribution in [2.75, 3.05) is 0 Å². The van der Waals surface area contributed by atoms with E-state index in [0.717, 1.165) is 61.0 Å². The van der Waals surface area contributed by atoms with Crippen LogP contribution in [0.2, 0.25) is 0 Å². The molecular formula is C56H64N14O2S2. The van der Waals surface area contributed by atoms with Crippen LogP contribution in [0.5, 0.6) is 0 Å². The topological polar surface area (TPSA) is 143 Å². The number of furan rings is 2. The number of para-hydroxylation sites is 1. The van der Waals surface area contributed by atoms with Gasteiger partial charge in [0.1, 0.15) is 27.9 Å². The summed E-state index contributed by atoms with van der Waals surface area (Å²) in [6, 6.07) is 18.6. The summed E-state index contributed by atoms with van der Waals surface area (Å²) in [4.78, 5) is 17.6. The number of aryl methyl sites for hydroxylation is 14. The SMILES string of the molecule is Cc1c2ccn(-c3ccccc3)c2cn1C.Cc1c2ccoc2cn1C.Cc1c2nccnc2cn1C.Cc1c2ncsc2nn1C.Cc1c2occc2nn1C.Cc1c2sccc2cn1C.Cc1nccn1C. The molecule has 0 aliphatic heterocycles. The maximum atomic E-state index is 5.20. The Morgan fingerprint density at radius 2 is 1.18 bits per heavy atom. The van der Waals surface area contributed by atoms with Crippen molar-refractivity contribution < 1.29 is 8.83 Å². The van der Waals surface area contributed by atoms with Crippen LogP contribution in [-0.2, 0) is 49.3 Å². The first-order valence-corrected chi connectivity index (χ1v) is 25.7. The zero-order chi connectivity index (χ0) is 52.8. The van der Waals surface area contributed by atoms with Crippen LogP contribution in [-0.4, -0.2) is 66.9 Å². The van der Waals surface area contributed by atoms with E-state index in [1.54, 1.807) is 42.5 Å². The van der Waals surface area contributed by atoms with E-state index in [0.29, 0.717) is 0 Å². The Labute approximate surface area is 438 Å². The third kappa shape index (κ3) is 11.2. The Morgan fingerprint density at radius 1 is 0.486 bits per heavy atom. The largest absolute Gasteiger partial charge is 0.463 e. The summed E-state index contributed by atoms with van der Waals surface area (Å²) in [7, 11) is 14.0. The fourth-order valence-electron chi connectivity index (χ4n) is 8.10. The van der Waals surface area contributed by atoms with E-state index in [1.807, 2.05) is 135 Å². The summed E-state index contributed by atoms with van der Waals surface area (Å²) in [5.41, 5.74) is 17.4. The lowest BCUT2D eigenvalue weighted by molar-refractivity contribution is 0.607. The number of hydrogen-bond acceptors (Lipinski definition) is 10. The first-order chi connectivity index (χ1) is 35.5. The third-order valence-electron chi connectivity index (χ3n) is 13.3. The van der Waals surface area contributed by atoms with Crippen molar-refractivity contribution in [3.8, 4) is 5.69 Å². The molecule has 0 saturated carbocycles. The summed E-state index contributed by atoms with van der Waals surface area (Å²) in [6.45, 7) is 14.4. The normalized spacial score (nSPS) is 10.8. The highest BCUT2D eigenvalue weighted by Crippen LogP contribution is 2.26. The fraction of sp³-hybridized carbons (Fsp3) is 0.250. The minimum absolute atomic E-state index is 0.891. The molecule has 0 bridgehead atoms. The van der Waals surface area contributed by atoms with E-state index >= 15 is 0 Å². The van der Waals surface area contributed by atoms with Gasteiger partial charge >= 0.3 is 0 Å². The molecule has 0 amide bonds. The van der Waals surface area contributed by atoms with Crippen LogP contribution in [0.4, 0.5) is 0 Å². The molecule has 74 heavy (non-hydrogen) atoms. The van der Waals surface area contributed by atoms with Crippen molar-refractivity contribution in [2.24, 2.45) is 49.3 Å². The molecule has 382 valence electrons. The first-order valence-electron chi connectivity index (χ1n) is 23.9. The van der Waals surface area contributed by atoms with E-state index in [2.05, 4.69) is 144 Å². The van der Waals surface area contributed by atoms with Crippen molar-refractivity contribution in [3.05, 3.63) is 174 Å². The minimum Gasteiger partial charge on any atom is -0.463 e. The predicted molar refractivity (Wildman–Crippen MR) is 302 cm³/mol. The predicted octanol–water partition coefficient (Wildman–Crippen LogP) is 12.7. The number of fused-ring (bicyclic) bond motifs is 6. The number of thiophene rings is 1. The van der Waals surface area contributed by atoms with Gasteiger partial charge in [0.15, 0.2) is 16.0 Å². The Kier molecular flexibility index (Phi) is 16.0. The van der Waals surface area contributed by atoms with Gasteiger partial charge in [0, 0.05) is 156 Å². The molecule has 0 atom stereocenters. The average Bonchev–Trinajstić information content (AvgIpc) is 4.24. The van der Waals surface area contributed by atoms with Gasteiger partial charge in [0.2, 0.25) is 0 Å². The quantitative estimate of drug-likeness (QED) is 0.158. The van der Waals surface area contributed by atoms with E-state index in [4.69, 9.17) is 8.83 Å². The van der Waals surface area contributed by atoms with Gasteiger partial charge in [-0.3, -0.25) is 19.3 Å². The summed E-state index contributed by atoms with van der Waals surface area (Å²) in [5.74, 6) is 1.06. The van der Waals surface area contributed by atoms with Gasteiger partial charge in [0.05, 0.1) is 39.6 Å². The minimum atomic E-state index is 0.891. The molecule has 14 rings (SSSR count). The second-order valence-electron chi connectivity index (χ2n) is 18.0. The second-order valence-corrected chi connectivity index (χ2v) is 19.7. The molecule has 16 nitrogen and oxygen atoms in total. The van der Waals surface area contributed by atoms with Crippen molar-refractivity contribution in [2.45, 2.75) is 48.5 Å². The molecule has 18 heteroatoms. The number of imidazole rings is 1. The molecule has 13 heterocycles. The maximum Gasteiger partial charge on any atom is 0.174 e. The Balaban J connectivity index is 0.000000116. The Hall–Kier alpha value is -8.22. The molecule has 0 aliphatic carbocycles. The molecular weight excluding hydrogens is 965 g/mol. The molecule has 0 saturated heterocycles. The monoisotopic (exact) mass is 1030 g/mol. The smallest absolute Gasteiger partial charge is 0.174 e. The number of thiazole rings is 1. The van der Waals surface area contributed by atoms with Crippen LogP contribution in [0, 0.1) is 48.5 Å². The van der Waals surface area contributed by atoms with Crippen molar-refractivity contribution >= 4 is 87.1 Å². The summed E-state index contributed by atoms with van der Waals surface area (Å²) in [5, 5.41) is 14.5. The summed E-state index contributed by atoms with van der Waals surface area (Å²) >= 11 is 3.39. The average molecular weight is 1030 g/mol. The van der Waals surface area contributed by atoms with Gasteiger partial charge in [-0.15, -0.1) is 22.7 Å². The van der Waals surface area contributed by atoms with Crippen LogP contribution in [0.3, 0.4) is 0 Å². The van der Waals surface area contributed by atoms with Crippen LogP contribution >= 0.6 is 22.7 Å². The maximum absolute atomic E-state index is 5.20. The standard InChI is InChI=1S/C14H14N2.C8H9N3.C8H9NO.C8H9NS.C7H8N2O.C6H7N3S.C5H8N2/c1-11-13-8-9-16(14(13)10-15(11)2)12-6-4-3-5-7-12;1-6-8-7(5-11(6)2)9-3-4-10-8;1-6-7-3-4-10-8(7)5-9(6)2;1-6-8-7(3-4-10-8)5-9(6)2;1-5-7-6(3-4-10-7)8-9(5)2;1-4-5-6(8-9(4)2)10-3-7-5;1-5-6-3-4-7(5)2/h3-10H,1-2H3;3-5H,1-2H3;2*3-5H,1-2H3;3-4H,1-2H3;3H,1-2H3;3-4H,1-2H3. The van der Waals surface area contributed by atoms with E-state index in [9.17, 15) is 0 Å².